The van der Waals surface area contributed by atoms with E-state index in [0.29, 0.717) is 24.9 Å². The number of carboxylic acids is 1. The maximum atomic E-state index is 11.6. The van der Waals surface area contributed by atoms with Crippen molar-refractivity contribution in [1.29, 1.82) is 0 Å². The van der Waals surface area contributed by atoms with Crippen LogP contribution in [0.25, 0.3) is 0 Å². The molecule has 0 aromatic heterocycles. The molecule has 0 aliphatic carbocycles. The first-order valence-electron chi connectivity index (χ1n) is 6.29. The van der Waals surface area contributed by atoms with Crippen LogP contribution in [0, 0.1) is 0 Å². The molecule has 104 valence electrons. The number of hydrogen-bond acceptors (Lipinski definition) is 4. The lowest BCUT2D eigenvalue weighted by atomic mass is 10.1. The smallest absolute Gasteiger partial charge is 0.345 e. The van der Waals surface area contributed by atoms with E-state index >= 15 is 0 Å². The van der Waals surface area contributed by atoms with E-state index in [1.807, 2.05) is 19.1 Å². The Balaban J connectivity index is 2.42. The van der Waals surface area contributed by atoms with Gasteiger partial charge in [-0.25, -0.2) is 4.79 Å². The van der Waals surface area contributed by atoms with E-state index in [-0.39, 0.29) is 6.42 Å². The summed E-state index contributed by atoms with van der Waals surface area (Å²) in [5.41, 5.74) is 7.19. The molecule has 1 rings (SSSR count). The molecule has 1 aromatic carbocycles. The number of benzene rings is 1. The van der Waals surface area contributed by atoms with Crippen molar-refractivity contribution >= 4 is 17.6 Å². The van der Waals surface area contributed by atoms with E-state index in [1.54, 1.807) is 12.1 Å². The van der Waals surface area contributed by atoms with Gasteiger partial charge >= 0.3 is 11.9 Å². The summed E-state index contributed by atoms with van der Waals surface area (Å²) in [5.74, 6) is -1.58. The molecule has 5 heteroatoms. The predicted molar refractivity (Wildman–Crippen MR) is 71.6 cm³/mol. The molecule has 0 aliphatic heterocycles. The molecule has 1 aromatic rings. The average Bonchev–Trinajstić information content (AvgIpc) is 2.37. The number of nitrogen functional groups attached to an aromatic ring is 1. The standard InChI is InChI=1S/C14H19NO4/c1-2-3-12(14(17)18)19-13(16)9-6-10-4-7-11(15)8-5-10/h4-5,7-8,12H,2-3,6,9,15H2,1H3,(H,17,18). The number of hydrogen-bond donors (Lipinski definition) is 2. The summed E-state index contributed by atoms with van der Waals surface area (Å²) in [6.07, 6.45) is 0.629. The predicted octanol–water partition coefficient (Wildman–Crippen LogP) is 2.00. The van der Waals surface area contributed by atoms with E-state index in [1.165, 1.54) is 0 Å². The summed E-state index contributed by atoms with van der Waals surface area (Å²) in [6, 6.07) is 7.20. The van der Waals surface area contributed by atoms with Gasteiger partial charge in [-0.3, -0.25) is 4.79 Å². The number of aryl methyl sites for hydroxylation is 1. The SMILES string of the molecule is CCCC(OC(=O)CCc1ccc(N)cc1)C(=O)O. The summed E-state index contributed by atoms with van der Waals surface area (Å²) >= 11 is 0. The zero-order valence-electron chi connectivity index (χ0n) is 11.0. The Morgan fingerprint density at radius 1 is 1.32 bits per heavy atom. The quantitative estimate of drug-likeness (QED) is 0.581. The highest BCUT2D eigenvalue weighted by atomic mass is 16.6. The normalized spacial score (nSPS) is 11.8. The van der Waals surface area contributed by atoms with Gasteiger partial charge in [-0.1, -0.05) is 25.5 Å². The summed E-state index contributed by atoms with van der Waals surface area (Å²) in [6.45, 7) is 1.85. The van der Waals surface area contributed by atoms with Crippen LogP contribution in [0.4, 0.5) is 5.69 Å². The number of carbonyl (C=O) groups is 2. The van der Waals surface area contributed by atoms with Gasteiger partial charge in [0.2, 0.25) is 0 Å². The van der Waals surface area contributed by atoms with Gasteiger partial charge in [0.15, 0.2) is 6.10 Å². The van der Waals surface area contributed by atoms with Crippen LogP contribution in [0.3, 0.4) is 0 Å². The van der Waals surface area contributed by atoms with Crippen LogP contribution in [0.5, 0.6) is 0 Å². The fourth-order valence-electron chi connectivity index (χ4n) is 1.64. The van der Waals surface area contributed by atoms with Crippen LogP contribution in [0.2, 0.25) is 0 Å². The molecule has 3 N–H and O–H groups in total. The lowest BCUT2D eigenvalue weighted by Crippen LogP contribution is -2.26. The highest BCUT2D eigenvalue weighted by molar-refractivity contribution is 5.78. The largest absolute Gasteiger partial charge is 0.479 e. The minimum absolute atomic E-state index is 0.164. The van der Waals surface area contributed by atoms with Crippen LogP contribution >= 0.6 is 0 Å². The summed E-state index contributed by atoms with van der Waals surface area (Å²) in [4.78, 5) is 22.4. The lowest BCUT2D eigenvalue weighted by molar-refractivity contribution is -0.164. The Morgan fingerprint density at radius 2 is 1.95 bits per heavy atom. The number of carbonyl (C=O) groups excluding carboxylic acids is 1. The Bertz CT molecular complexity index is 428. The van der Waals surface area contributed by atoms with Gasteiger partial charge in [0.05, 0.1) is 0 Å². The molecule has 0 saturated carbocycles. The van der Waals surface area contributed by atoms with Crippen LogP contribution < -0.4 is 5.73 Å². The third-order valence-corrected chi connectivity index (χ3v) is 2.70. The number of rotatable bonds is 7. The number of ether oxygens (including phenoxy) is 1. The maximum Gasteiger partial charge on any atom is 0.345 e. The first kappa shape index (κ1) is 15.0. The van der Waals surface area contributed by atoms with Crippen molar-refractivity contribution < 1.29 is 19.4 Å². The second-order valence-corrected chi connectivity index (χ2v) is 4.35. The maximum absolute atomic E-state index is 11.6. The fraction of sp³-hybridized carbons (Fsp3) is 0.429. The first-order chi connectivity index (χ1) is 9.02. The molecule has 0 radical (unpaired) electrons. The average molecular weight is 265 g/mol. The van der Waals surface area contributed by atoms with Gasteiger partial charge in [0, 0.05) is 12.1 Å². The number of aliphatic carboxylic acids is 1. The number of carboxylic acid groups (broad SMARTS) is 1. The van der Waals surface area contributed by atoms with Crippen LogP contribution in [0.15, 0.2) is 24.3 Å². The number of esters is 1. The van der Waals surface area contributed by atoms with Gasteiger partial charge in [-0.15, -0.1) is 0 Å². The second kappa shape index (κ2) is 7.41. The molecule has 0 spiro atoms. The second-order valence-electron chi connectivity index (χ2n) is 4.35. The molecule has 0 saturated heterocycles. The van der Waals surface area contributed by atoms with E-state index in [0.717, 1.165) is 5.56 Å². The third-order valence-electron chi connectivity index (χ3n) is 2.70. The van der Waals surface area contributed by atoms with Crippen molar-refractivity contribution in [2.75, 3.05) is 5.73 Å². The van der Waals surface area contributed by atoms with Gasteiger partial charge in [-0.05, 0) is 30.5 Å². The van der Waals surface area contributed by atoms with Crippen molar-refractivity contribution in [2.24, 2.45) is 0 Å². The molecular weight excluding hydrogens is 246 g/mol. The van der Waals surface area contributed by atoms with Gasteiger partial charge in [0.1, 0.15) is 0 Å². The molecule has 1 atom stereocenters. The molecule has 0 amide bonds. The van der Waals surface area contributed by atoms with Crippen molar-refractivity contribution in [2.45, 2.75) is 38.7 Å². The minimum Gasteiger partial charge on any atom is -0.479 e. The molecule has 0 bridgehead atoms. The summed E-state index contributed by atoms with van der Waals surface area (Å²) < 4.78 is 4.93. The highest BCUT2D eigenvalue weighted by Gasteiger charge is 2.20. The molecule has 1 unspecified atom stereocenters. The third kappa shape index (κ3) is 5.42. The van der Waals surface area contributed by atoms with E-state index in [2.05, 4.69) is 0 Å². The van der Waals surface area contributed by atoms with E-state index in [9.17, 15) is 9.59 Å². The Kier molecular flexibility index (Phi) is 5.85. The van der Waals surface area contributed by atoms with Crippen molar-refractivity contribution in [3.63, 3.8) is 0 Å². The molecular formula is C14H19NO4. The van der Waals surface area contributed by atoms with E-state index in [4.69, 9.17) is 15.6 Å². The molecule has 0 fully saturated rings. The first-order valence-corrected chi connectivity index (χ1v) is 6.29. The van der Waals surface area contributed by atoms with Gasteiger partial charge in [0.25, 0.3) is 0 Å². The van der Waals surface area contributed by atoms with Crippen LogP contribution in [0.1, 0.15) is 31.7 Å². The zero-order chi connectivity index (χ0) is 14.3. The summed E-state index contributed by atoms with van der Waals surface area (Å²) in [7, 11) is 0. The molecule has 0 heterocycles. The van der Waals surface area contributed by atoms with Crippen LogP contribution in [-0.4, -0.2) is 23.1 Å². The van der Waals surface area contributed by atoms with E-state index < -0.39 is 18.0 Å². The summed E-state index contributed by atoms with van der Waals surface area (Å²) in [5, 5.41) is 8.88. The molecule has 0 aliphatic rings. The Morgan fingerprint density at radius 3 is 2.47 bits per heavy atom. The molecule has 19 heavy (non-hydrogen) atoms. The minimum atomic E-state index is -1.09. The van der Waals surface area contributed by atoms with Crippen molar-refractivity contribution in [3.8, 4) is 0 Å². The highest BCUT2D eigenvalue weighted by Crippen LogP contribution is 2.10. The zero-order valence-corrected chi connectivity index (χ0v) is 11.0. The van der Waals surface area contributed by atoms with Crippen molar-refractivity contribution in [1.82, 2.24) is 0 Å². The monoisotopic (exact) mass is 265 g/mol. The number of anilines is 1. The van der Waals surface area contributed by atoms with Crippen LogP contribution in [-0.2, 0) is 20.7 Å². The fourth-order valence-corrected chi connectivity index (χ4v) is 1.64. The number of nitrogens with two attached hydrogens (primary N) is 1. The lowest BCUT2D eigenvalue weighted by Gasteiger charge is -2.12. The van der Waals surface area contributed by atoms with Crippen molar-refractivity contribution in [3.05, 3.63) is 29.8 Å². The van der Waals surface area contributed by atoms with Gasteiger partial charge in [-0.2, -0.15) is 0 Å². The topological polar surface area (TPSA) is 89.6 Å². The Labute approximate surface area is 112 Å². The van der Waals surface area contributed by atoms with Gasteiger partial charge < -0.3 is 15.6 Å². The molecule has 5 nitrogen and oxygen atoms in total. The Hall–Kier alpha value is -2.04.